The molecular weight excluding hydrogens is 156 g/mol. The number of carbonyl (C=O) groups is 1. The van der Waals surface area contributed by atoms with Gasteiger partial charge in [0.05, 0.1) is 17.4 Å². The van der Waals surface area contributed by atoms with Crippen molar-refractivity contribution >= 4 is 11.5 Å². The molecule has 0 bridgehead atoms. The van der Waals surface area contributed by atoms with Crippen molar-refractivity contribution in [3.63, 3.8) is 0 Å². The molecule has 0 radical (unpaired) electrons. The average Bonchev–Trinajstić information content (AvgIpc) is 2.47. The molecular formula is C8H6N2O2. The van der Waals surface area contributed by atoms with E-state index < -0.39 is 5.97 Å². The van der Waals surface area contributed by atoms with Crippen LogP contribution in [0.25, 0.3) is 5.52 Å². The summed E-state index contributed by atoms with van der Waals surface area (Å²) in [5, 5.41) is 8.74. The molecule has 60 valence electrons. The number of aromatic nitrogens is 2. The second-order valence-corrected chi connectivity index (χ2v) is 2.41. The number of aromatic carboxylic acids is 1. The molecule has 0 fully saturated rings. The second kappa shape index (κ2) is 2.34. The average molecular weight is 162 g/mol. The van der Waals surface area contributed by atoms with Gasteiger partial charge in [0.1, 0.15) is 0 Å². The summed E-state index contributed by atoms with van der Waals surface area (Å²) in [6.45, 7) is 0. The van der Waals surface area contributed by atoms with Gasteiger partial charge in [0, 0.05) is 12.4 Å². The smallest absolute Gasteiger partial charge is 0.337 e. The molecule has 0 saturated heterocycles. The van der Waals surface area contributed by atoms with E-state index in [1.54, 1.807) is 35.3 Å². The van der Waals surface area contributed by atoms with Crippen LogP contribution in [0.15, 0.2) is 30.9 Å². The standard InChI is InChI=1S/C8H6N2O2/c11-8(12)6-2-4-10-5-9-3-1-7(6)10/h1-5H,(H,11,12). The van der Waals surface area contributed by atoms with Crippen molar-refractivity contribution in [3.8, 4) is 0 Å². The molecule has 0 atom stereocenters. The van der Waals surface area contributed by atoms with Crippen molar-refractivity contribution in [1.82, 2.24) is 9.38 Å². The van der Waals surface area contributed by atoms with Crippen LogP contribution in [0, 0.1) is 0 Å². The largest absolute Gasteiger partial charge is 0.478 e. The third kappa shape index (κ3) is 0.852. The Kier molecular flexibility index (Phi) is 1.33. The topological polar surface area (TPSA) is 54.6 Å². The Bertz CT molecular complexity index is 433. The second-order valence-electron chi connectivity index (χ2n) is 2.41. The maximum absolute atomic E-state index is 10.6. The number of nitrogens with zero attached hydrogens (tertiary/aromatic N) is 2. The first-order valence-corrected chi connectivity index (χ1v) is 3.43. The van der Waals surface area contributed by atoms with Crippen molar-refractivity contribution in [1.29, 1.82) is 0 Å². The van der Waals surface area contributed by atoms with Gasteiger partial charge in [0.25, 0.3) is 0 Å². The quantitative estimate of drug-likeness (QED) is 0.681. The van der Waals surface area contributed by atoms with E-state index in [9.17, 15) is 4.79 Å². The minimum absolute atomic E-state index is 0.303. The Hall–Kier alpha value is -1.84. The summed E-state index contributed by atoms with van der Waals surface area (Å²) in [7, 11) is 0. The summed E-state index contributed by atoms with van der Waals surface area (Å²) in [6.07, 6.45) is 4.81. The normalized spacial score (nSPS) is 10.3. The van der Waals surface area contributed by atoms with Crippen molar-refractivity contribution in [3.05, 3.63) is 36.4 Å². The highest BCUT2D eigenvalue weighted by Gasteiger charge is 2.07. The number of hydrogen-bond acceptors (Lipinski definition) is 2. The van der Waals surface area contributed by atoms with Crippen molar-refractivity contribution in [2.45, 2.75) is 0 Å². The lowest BCUT2D eigenvalue weighted by atomic mass is 10.3. The molecule has 0 aliphatic heterocycles. The highest BCUT2D eigenvalue weighted by Crippen LogP contribution is 2.10. The van der Waals surface area contributed by atoms with Crippen molar-refractivity contribution in [2.24, 2.45) is 0 Å². The molecule has 0 spiro atoms. The maximum atomic E-state index is 10.6. The van der Waals surface area contributed by atoms with Crippen molar-refractivity contribution in [2.75, 3.05) is 0 Å². The molecule has 1 N–H and O–H groups in total. The number of carboxylic acid groups (broad SMARTS) is 1. The van der Waals surface area contributed by atoms with Crippen LogP contribution in [-0.4, -0.2) is 20.5 Å². The number of fused-ring (bicyclic) bond motifs is 1. The van der Waals surface area contributed by atoms with E-state index in [0.29, 0.717) is 11.1 Å². The molecule has 0 saturated carbocycles. The predicted octanol–water partition coefficient (Wildman–Crippen LogP) is 1.03. The van der Waals surface area contributed by atoms with Crippen LogP contribution in [0.1, 0.15) is 10.4 Å². The molecule has 12 heavy (non-hydrogen) atoms. The Balaban J connectivity index is 2.79. The first-order valence-electron chi connectivity index (χ1n) is 3.43. The fourth-order valence-electron chi connectivity index (χ4n) is 1.14. The monoisotopic (exact) mass is 162 g/mol. The van der Waals surface area contributed by atoms with E-state index in [2.05, 4.69) is 4.98 Å². The van der Waals surface area contributed by atoms with Crippen LogP contribution in [0.4, 0.5) is 0 Å². The summed E-state index contributed by atoms with van der Waals surface area (Å²) < 4.78 is 1.67. The van der Waals surface area contributed by atoms with Crippen LogP contribution < -0.4 is 0 Å². The zero-order chi connectivity index (χ0) is 8.55. The minimum Gasteiger partial charge on any atom is -0.478 e. The van der Waals surface area contributed by atoms with Gasteiger partial charge in [-0.2, -0.15) is 0 Å². The zero-order valence-corrected chi connectivity index (χ0v) is 6.14. The summed E-state index contributed by atoms with van der Waals surface area (Å²) in [5.41, 5.74) is 0.968. The Labute approximate surface area is 68.1 Å². The lowest BCUT2D eigenvalue weighted by Crippen LogP contribution is -1.95. The van der Waals surface area contributed by atoms with E-state index >= 15 is 0 Å². The molecule has 0 aromatic carbocycles. The Morgan fingerprint density at radius 2 is 2.33 bits per heavy atom. The van der Waals surface area contributed by atoms with E-state index in [0.717, 1.165) is 0 Å². The van der Waals surface area contributed by atoms with Gasteiger partial charge < -0.3 is 9.51 Å². The maximum Gasteiger partial charge on any atom is 0.337 e. The number of rotatable bonds is 1. The van der Waals surface area contributed by atoms with Crippen LogP contribution in [-0.2, 0) is 0 Å². The van der Waals surface area contributed by atoms with Crippen molar-refractivity contribution < 1.29 is 9.90 Å². The van der Waals surface area contributed by atoms with E-state index in [-0.39, 0.29) is 0 Å². The first kappa shape index (κ1) is 6.84. The van der Waals surface area contributed by atoms with Gasteiger partial charge in [-0.15, -0.1) is 0 Å². The Morgan fingerprint density at radius 1 is 1.50 bits per heavy atom. The molecule has 4 nitrogen and oxygen atoms in total. The van der Waals surface area contributed by atoms with Crippen LogP contribution in [0.5, 0.6) is 0 Å². The molecule has 0 unspecified atom stereocenters. The van der Waals surface area contributed by atoms with E-state index in [1.165, 1.54) is 0 Å². The van der Waals surface area contributed by atoms with Gasteiger partial charge in [-0.1, -0.05) is 0 Å². The van der Waals surface area contributed by atoms with Crippen LogP contribution in [0.3, 0.4) is 0 Å². The molecule has 0 amide bonds. The SMILES string of the molecule is O=C(O)c1ccn2cnccc12. The third-order valence-corrected chi connectivity index (χ3v) is 1.70. The third-order valence-electron chi connectivity index (χ3n) is 1.70. The van der Waals surface area contributed by atoms with E-state index in [1.807, 2.05) is 0 Å². The lowest BCUT2D eigenvalue weighted by Gasteiger charge is -1.92. The number of carboxylic acids is 1. The first-order chi connectivity index (χ1) is 5.79. The van der Waals surface area contributed by atoms with Gasteiger partial charge >= 0.3 is 5.97 Å². The van der Waals surface area contributed by atoms with Gasteiger partial charge in [0.2, 0.25) is 0 Å². The fourth-order valence-corrected chi connectivity index (χ4v) is 1.14. The molecule has 2 heterocycles. The molecule has 4 heteroatoms. The molecule has 2 aromatic heterocycles. The van der Waals surface area contributed by atoms with Gasteiger partial charge in [-0.25, -0.2) is 9.78 Å². The van der Waals surface area contributed by atoms with Gasteiger partial charge in [0.15, 0.2) is 0 Å². The predicted molar refractivity (Wildman–Crippen MR) is 42.2 cm³/mol. The summed E-state index contributed by atoms with van der Waals surface area (Å²) in [4.78, 5) is 14.5. The molecule has 2 rings (SSSR count). The molecule has 0 aliphatic rings. The Morgan fingerprint density at radius 3 is 3.08 bits per heavy atom. The van der Waals surface area contributed by atoms with Gasteiger partial charge in [-0.05, 0) is 12.1 Å². The lowest BCUT2D eigenvalue weighted by molar-refractivity contribution is 0.0699. The fraction of sp³-hybridized carbons (Fsp3) is 0. The van der Waals surface area contributed by atoms with E-state index in [4.69, 9.17) is 5.11 Å². The highest BCUT2D eigenvalue weighted by molar-refractivity contribution is 5.95. The summed E-state index contributed by atoms with van der Waals surface area (Å²) in [5.74, 6) is -0.913. The number of hydrogen-bond donors (Lipinski definition) is 1. The summed E-state index contributed by atoms with van der Waals surface area (Å²) >= 11 is 0. The summed E-state index contributed by atoms with van der Waals surface area (Å²) in [6, 6.07) is 3.22. The molecule has 0 aliphatic carbocycles. The van der Waals surface area contributed by atoms with Crippen LogP contribution in [0.2, 0.25) is 0 Å². The zero-order valence-electron chi connectivity index (χ0n) is 6.14. The molecule has 2 aromatic rings. The van der Waals surface area contributed by atoms with Gasteiger partial charge in [-0.3, -0.25) is 0 Å². The highest BCUT2D eigenvalue weighted by atomic mass is 16.4. The minimum atomic E-state index is -0.913. The van der Waals surface area contributed by atoms with Crippen LogP contribution >= 0.6 is 0 Å².